The summed E-state index contributed by atoms with van der Waals surface area (Å²) in [6, 6.07) is 3.07. The van der Waals surface area contributed by atoms with E-state index < -0.39 is 21.7 Å². The van der Waals surface area contributed by atoms with Crippen molar-refractivity contribution in [3.63, 3.8) is 0 Å². The Morgan fingerprint density at radius 2 is 2.05 bits per heavy atom. The number of sulfonamides is 1. The van der Waals surface area contributed by atoms with Crippen LogP contribution in [0.5, 0.6) is 0 Å². The molecule has 0 atom stereocenters. The molecule has 0 bridgehead atoms. The molecule has 0 saturated carbocycles. The van der Waals surface area contributed by atoms with Crippen molar-refractivity contribution in [2.24, 2.45) is 0 Å². The number of rotatable bonds is 6. The average Bonchev–Trinajstić information content (AvgIpc) is 2.63. The lowest BCUT2D eigenvalue weighted by atomic mass is 10.2. The molecule has 0 aromatic heterocycles. The number of amides is 1. The molecule has 1 amide bonds. The van der Waals surface area contributed by atoms with Crippen LogP contribution >= 0.6 is 0 Å². The van der Waals surface area contributed by atoms with Gasteiger partial charge >= 0.3 is 5.97 Å². The molecule has 120 valence electrons. The van der Waals surface area contributed by atoms with Gasteiger partial charge in [-0.25, -0.2) is 17.1 Å². The number of benzene rings is 1. The Morgan fingerprint density at radius 1 is 1.32 bits per heavy atom. The number of carbonyl (C=O) groups is 2. The van der Waals surface area contributed by atoms with E-state index in [0.717, 1.165) is 16.4 Å². The second-order valence-electron chi connectivity index (χ2n) is 4.78. The highest BCUT2D eigenvalue weighted by Crippen LogP contribution is 2.30. The molecule has 0 aliphatic carbocycles. The molecule has 6 nitrogen and oxygen atoms in total. The second-order valence-corrected chi connectivity index (χ2v) is 6.62. The third kappa shape index (κ3) is 3.11. The van der Waals surface area contributed by atoms with Gasteiger partial charge in [0.15, 0.2) is 0 Å². The Bertz CT molecular complexity index is 701. The van der Waals surface area contributed by atoms with E-state index in [0.29, 0.717) is 19.4 Å². The Hall–Kier alpha value is -1.96. The molecule has 22 heavy (non-hydrogen) atoms. The molecule has 0 spiro atoms. The largest absolute Gasteiger partial charge is 0.466 e. The van der Waals surface area contributed by atoms with E-state index in [-0.39, 0.29) is 29.4 Å². The van der Waals surface area contributed by atoms with Crippen LogP contribution in [0.15, 0.2) is 23.1 Å². The highest BCUT2D eigenvalue weighted by molar-refractivity contribution is 7.90. The number of fused-ring (bicyclic) bond motifs is 1. The number of halogens is 1. The third-order valence-electron chi connectivity index (χ3n) is 3.27. The minimum atomic E-state index is -4.00. The van der Waals surface area contributed by atoms with Crippen LogP contribution in [0.3, 0.4) is 0 Å². The number of hydrogen-bond donors (Lipinski definition) is 0. The van der Waals surface area contributed by atoms with Crippen LogP contribution in [0, 0.1) is 5.82 Å². The SMILES string of the molecule is CCOC(=O)CCCCN1C(=O)c2ccc(F)cc2S1(=O)=O. The first kappa shape index (κ1) is 16.4. The summed E-state index contributed by atoms with van der Waals surface area (Å²) in [6.45, 7) is 1.94. The summed E-state index contributed by atoms with van der Waals surface area (Å²) < 4.78 is 43.1. The molecule has 1 aromatic rings. The fourth-order valence-corrected chi connectivity index (χ4v) is 3.85. The minimum Gasteiger partial charge on any atom is -0.466 e. The Balaban J connectivity index is 2.02. The van der Waals surface area contributed by atoms with Crippen molar-refractivity contribution in [1.82, 2.24) is 4.31 Å². The van der Waals surface area contributed by atoms with Gasteiger partial charge in [0, 0.05) is 13.0 Å². The number of esters is 1. The fourth-order valence-electron chi connectivity index (χ4n) is 2.23. The first-order valence-corrected chi connectivity index (χ1v) is 8.34. The molecule has 0 N–H and O–H groups in total. The Morgan fingerprint density at radius 3 is 2.73 bits per heavy atom. The average molecular weight is 329 g/mol. The predicted molar refractivity (Wildman–Crippen MR) is 75.1 cm³/mol. The van der Waals surface area contributed by atoms with Crippen molar-refractivity contribution in [1.29, 1.82) is 0 Å². The van der Waals surface area contributed by atoms with Gasteiger partial charge < -0.3 is 4.74 Å². The summed E-state index contributed by atoms with van der Waals surface area (Å²) in [5.41, 5.74) is -0.0215. The molecular weight excluding hydrogens is 313 g/mol. The van der Waals surface area contributed by atoms with Crippen molar-refractivity contribution >= 4 is 21.9 Å². The molecule has 0 radical (unpaired) electrons. The van der Waals surface area contributed by atoms with Gasteiger partial charge in [0.25, 0.3) is 15.9 Å². The predicted octanol–water partition coefficient (Wildman–Crippen LogP) is 1.70. The molecule has 1 aliphatic heterocycles. The molecule has 1 aliphatic rings. The van der Waals surface area contributed by atoms with Gasteiger partial charge in [-0.3, -0.25) is 9.59 Å². The highest BCUT2D eigenvalue weighted by Gasteiger charge is 2.40. The van der Waals surface area contributed by atoms with Crippen LogP contribution in [0.4, 0.5) is 4.39 Å². The number of ether oxygens (including phenoxy) is 1. The second kappa shape index (κ2) is 6.43. The standard InChI is InChI=1S/C14H16FNO5S/c1-2-21-13(17)5-3-4-8-16-14(18)11-7-6-10(15)9-12(11)22(16,19)20/h6-7,9H,2-5,8H2,1H3. The number of carbonyl (C=O) groups excluding carboxylic acids is 2. The summed E-state index contributed by atoms with van der Waals surface area (Å²) in [4.78, 5) is 23.0. The number of unbranched alkanes of at least 4 members (excludes halogenated alkanes) is 1. The van der Waals surface area contributed by atoms with Gasteiger partial charge in [-0.05, 0) is 38.0 Å². The maximum Gasteiger partial charge on any atom is 0.305 e. The van der Waals surface area contributed by atoms with Crippen LogP contribution in [-0.2, 0) is 19.6 Å². The summed E-state index contributed by atoms with van der Waals surface area (Å²) in [7, 11) is -4.00. The minimum absolute atomic E-state index is 0.0215. The van der Waals surface area contributed by atoms with Crippen LogP contribution in [0.2, 0.25) is 0 Å². The van der Waals surface area contributed by atoms with Gasteiger partial charge in [-0.15, -0.1) is 0 Å². The molecular formula is C14H16FNO5S. The van der Waals surface area contributed by atoms with Crippen LogP contribution in [0.1, 0.15) is 36.5 Å². The highest BCUT2D eigenvalue weighted by atomic mass is 32.2. The molecule has 8 heteroatoms. The van der Waals surface area contributed by atoms with E-state index in [4.69, 9.17) is 4.74 Å². The van der Waals surface area contributed by atoms with E-state index in [1.54, 1.807) is 6.92 Å². The molecule has 2 rings (SSSR count). The lowest BCUT2D eigenvalue weighted by Crippen LogP contribution is -2.31. The van der Waals surface area contributed by atoms with E-state index in [1.807, 2.05) is 0 Å². The molecule has 1 heterocycles. The van der Waals surface area contributed by atoms with Crippen molar-refractivity contribution in [2.45, 2.75) is 31.1 Å². The monoisotopic (exact) mass is 329 g/mol. The van der Waals surface area contributed by atoms with Crippen molar-refractivity contribution in [3.8, 4) is 0 Å². The third-order valence-corrected chi connectivity index (χ3v) is 5.09. The zero-order chi connectivity index (χ0) is 16.3. The maximum atomic E-state index is 13.2. The first-order chi connectivity index (χ1) is 10.4. The molecule has 0 unspecified atom stereocenters. The molecule has 1 aromatic carbocycles. The van der Waals surface area contributed by atoms with E-state index in [9.17, 15) is 22.4 Å². The van der Waals surface area contributed by atoms with E-state index in [2.05, 4.69) is 0 Å². The van der Waals surface area contributed by atoms with Crippen LogP contribution in [-0.4, -0.2) is 37.8 Å². The van der Waals surface area contributed by atoms with E-state index >= 15 is 0 Å². The zero-order valence-electron chi connectivity index (χ0n) is 12.0. The van der Waals surface area contributed by atoms with Gasteiger partial charge in [0.2, 0.25) is 0 Å². The quantitative estimate of drug-likeness (QED) is 0.586. The van der Waals surface area contributed by atoms with Crippen LogP contribution < -0.4 is 0 Å². The fraction of sp³-hybridized carbons (Fsp3) is 0.429. The molecule has 0 saturated heterocycles. The van der Waals surface area contributed by atoms with E-state index in [1.165, 1.54) is 6.07 Å². The molecule has 0 fully saturated rings. The van der Waals surface area contributed by atoms with Crippen molar-refractivity contribution in [2.75, 3.05) is 13.2 Å². The lowest BCUT2D eigenvalue weighted by Gasteiger charge is -2.14. The van der Waals surface area contributed by atoms with Gasteiger partial charge in [0.05, 0.1) is 12.2 Å². The zero-order valence-corrected chi connectivity index (χ0v) is 12.9. The van der Waals surface area contributed by atoms with Gasteiger partial charge in [-0.1, -0.05) is 0 Å². The van der Waals surface area contributed by atoms with Crippen molar-refractivity contribution in [3.05, 3.63) is 29.6 Å². The first-order valence-electron chi connectivity index (χ1n) is 6.90. The topological polar surface area (TPSA) is 80.8 Å². The number of hydrogen-bond acceptors (Lipinski definition) is 5. The lowest BCUT2D eigenvalue weighted by molar-refractivity contribution is -0.143. The smallest absolute Gasteiger partial charge is 0.305 e. The number of nitrogens with zero attached hydrogens (tertiary/aromatic N) is 1. The van der Waals surface area contributed by atoms with Crippen LogP contribution in [0.25, 0.3) is 0 Å². The van der Waals surface area contributed by atoms with Gasteiger partial charge in [0.1, 0.15) is 10.7 Å². The summed E-state index contributed by atoms with van der Waals surface area (Å²) >= 11 is 0. The Kier molecular flexibility index (Phi) is 4.80. The Labute approximate surface area is 127 Å². The summed E-state index contributed by atoms with van der Waals surface area (Å²) in [5.74, 6) is -1.73. The maximum absolute atomic E-state index is 13.2. The van der Waals surface area contributed by atoms with Crippen molar-refractivity contribution < 1.29 is 27.1 Å². The summed E-state index contributed by atoms with van der Waals surface area (Å²) in [5, 5.41) is 0. The normalized spacial score (nSPS) is 15.7. The van der Waals surface area contributed by atoms with Gasteiger partial charge in [-0.2, -0.15) is 0 Å². The summed E-state index contributed by atoms with van der Waals surface area (Å²) in [6.07, 6.45) is 0.903.